The standard InChI is InChI=1S/C24H21N3O4S/c1-17(31-23-10-4-7-18-6-2-3-9-22(18)23)24(28)26-19-11-13-21(14-12-19)32(29,30)27-20-8-5-15-25-16-20/h2-17,27H,1H3,(H,26,28)/t17-/m0/s1. The molecule has 0 aliphatic heterocycles. The van der Waals surface area contributed by atoms with Crippen molar-refractivity contribution >= 4 is 38.1 Å². The summed E-state index contributed by atoms with van der Waals surface area (Å²) in [5.74, 6) is 0.274. The fraction of sp³-hybridized carbons (Fsp3) is 0.0833. The number of benzene rings is 3. The minimum absolute atomic E-state index is 0.0689. The zero-order valence-electron chi connectivity index (χ0n) is 17.2. The smallest absolute Gasteiger partial charge is 0.265 e. The number of carbonyl (C=O) groups is 1. The second-order valence-electron chi connectivity index (χ2n) is 7.10. The Labute approximate surface area is 186 Å². The molecule has 0 unspecified atom stereocenters. The largest absolute Gasteiger partial charge is 0.480 e. The predicted molar refractivity (Wildman–Crippen MR) is 124 cm³/mol. The fourth-order valence-corrected chi connectivity index (χ4v) is 4.18. The van der Waals surface area contributed by atoms with Crippen LogP contribution in [0.1, 0.15) is 6.92 Å². The highest BCUT2D eigenvalue weighted by atomic mass is 32.2. The number of anilines is 2. The van der Waals surface area contributed by atoms with Gasteiger partial charge in [0.15, 0.2) is 6.10 Å². The van der Waals surface area contributed by atoms with Crippen LogP contribution in [-0.4, -0.2) is 25.4 Å². The third-order valence-electron chi connectivity index (χ3n) is 4.77. The van der Waals surface area contributed by atoms with E-state index in [4.69, 9.17) is 4.74 Å². The molecular weight excluding hydrogens is 426 g/mol. The quantitative estimate of drug-likeness (QED) is 0.436. The van der Waals surface area contributed by atoms with Gasteiger partial charge in [0.05, 0.1) is 16.8 Å². The summed E-state index contributed by atoms with van der Waals surface area (Å²) in [6, 6.07) is 22.6. The molecule has 0 bridgehead atoms. The van der Waals surface area contributed by atoms with Crippen LogP contribution >= 0.6 is 0 Å². The van der Waals surface area contributed by atoms with Gasteiger partial charge in [-0.3, -0.25) is 14.5 Å². The van der Waals surface area contributed by atoms with Gasteiger partial charge in [-0.1, -0.05) is 36.4 Å². The Morgan fingerprint density at radius 3 is 2.41 bits per heavy atom. The second-order valence-corrected chi connectivity index (χ2v) is 8.78. The summed E-state index contributed by atoms with van der Waals surface area (Å²) < 4.78 is 33.4. The van der Waals surface area contributed by atoms with Crippen LogP contribution in [0.15, 0.2) is 96.2 Å². The van der Waals surface area contributed by atoms with E-state index >= 15 is 0 Å². The van der Waals surface area contributed by atoms with Crippen LogP contribution < -0.4 is 14.8 Å². The van der Waals surface area contributed by atoms with Crippen molar-refractivity contribution in [3.8, 4) is 5.75 Å². The van der Waals surface area contributed by atoms with Crippen LogP contribution in [0.5, 0.6) is 5.75 Å². The van der Waals surface area contributed by atoms with Gasteiger partial charge in [0.2, 0.25) is 0 Å². The van der Waals surface area contributed by atoms with Crippen molar-refractivity contribution in [3.05, 3.63) is 91.3 Å². The third-order valence-corrected chi connectivity index (χ3v) is 6.17. The zero-order valence-corrected chi connectivity index (χ0v) is 18.0. The Hall–Kier alpha value is -3.91. The van der Waals surface area contributed by atoms with Crippen LogP contribution in [0.3, 0.4) is 0 Å². The maximum absolute atomic E-state index is 12.6. The van der Waals surface area contributed by atoms with Gasteiger partial charge >= 0.3 is 0 Å². The topological polar surface area (TPSA) is 97.4 Å². The maximum atomic E-state index is 12.6. The van der Waals surface area contributed by atoms with Gasteiger partial charge in [-0.25, -0.2) is 8.42 Å². The summed E-state index contributed by atoms with van der Waals surface area (Å²) in [6.07, 6.45) is 2.22. The molecule has 1 amide bonds. The second kappa shape index (κ2) is 9.07. The number of pyridine rings is 1. The van der Waals surface area contributed by atoms with Crippen molar-refractivity contribution in [2.75, 3.05) is 10.0 Å². The van der Waals surface area contributed by atoms with E-state index in [0.717, 1.165) is 10.8 Å². The van der Waals surface area contributed by atoms with Gasteiger partial charge in [-0.15, -0.1) is 0 Å². The molecule has 0 fully saturated rings. The lowest BCUT2D eigenvalue weighted by Gasteiger charge is -2.16. The van der Waals surface area contributed by atoms with Crippen LogP contribution in [0.25, 0.3) is 10.8 Å². The molecule has 32 heavy (non-hydrogen) atoms. The fourth-order valence-electron chi connectivity index (χ4n) is 3.14. The lowest BCUT2D eigenvalue weighted by atomic mass is 10.1. The average molecular weight is 448 g/mol. The van der Waals surface area contributed by atoms with Crippen molar-refractivity contribution in [3.63, 3.8) is 0 Å². The van der Waals surface area contributed by atoms with Crippen molar-refractivity contribution in [1.29, 1.82) is 0 Å². The van der Waals surface area contributed by atoms with Crippen molar-refractivity contribution < 1.29 is 17.9 Å². The summed E-state index contributed by atoms with van der Waals surface area (Å²) in [5, 5.41) is 4.69. The van der Waals surface area contributed by atoms with E-state index in [9.17, 15) is 13.2 Å². The average Bonchev–Trinajstić information content (AvgIpc) is 2.80. The maximum Gasteiger partial charge on any atom is 0.265 e. The molecule has 0 aliphatic carbocycles. The number of hydrogen-bond donors (Lipinski definition) is 2. The van der Waals surface area contributed by atoms with Crippen LogP contribution in [-0.2, 0) is 14.8 Å². The van der Waals surface area contributed by atoms with E-state index in [-0.39, 0.29) is 10.8 Å². The predicted octanol–water partition coefficient (Wildman–Crippen LogP) is 4.44. The molecule has 4 aromatic rings. The van der Waals surface area contributed by atoms with Gasteiger partial charge in [0, 0.05) is 17.3 Å². The Balaban J connectivity index is 1.42. The number of fused-ring (bicyclic) bond motifs is 1. The first-order valence-electron chi connectivity index (χ1n) is 9.90. The van der Waals surface area contributed by atoms with Crippen molar-refractivity contribution in [2.24, 2.45) is 0 Å². The lowest BCUT2D eigenvalue weighted by molar-refractivity contribution is -0.122. The number of amides is 1. The molecule has 0 spiro atoms. The SMILES string of the molecule is C[C@H](Oc1cccc2ccccc12)C(=O)Nc1ccc(S(=O)(=O)Nc2cccnc2)cc1. The van der Waals surface area contributed by atoms with E-state index in [1.54, 1.807) is 25.3 Å². The molecule has 7 nitrogen and oxygen atoms in total. The Morgan fingerprint density at radius 1 is 0.906 bits per heavy atom. The van der Waals surface area contributed by atoms with Crippen LogP contribution in [0, 0.1) is 0 Å². The van der Waals surface area contributed by atoms with Gasteiger partial charge in [0.25, 0.3) is 15.9 Å². The molecule has 0 saturated carbocycles. The number of hydrogen-bond acceptors (Lipinski definition) is 5. The third kappa shape index (κ3) is 4.87. The summed E-state index contributed by atoms with van der Waals surface area (Å²) >= 11 is 0. The molecule has 4 rings (SSSR count). The van der Waals surface area contributed by atoms with Gasteiger partial charge in [-0.05, 0) is 54.8 Å². The highest BCUT2D eigenvalue weighted by Crippen LogP contribution is 2.26. The molecule has 3 aromatic carbocycles. The molecule has 0 aliphatic rings. The van der Waals surface area contributed by atoms with Crippen molar-refractivity contribution in [1.82, 2.24) is 4.98 Å². The number of carbonyl (C=O) groups excluding carboxylic acids is 1. The molecule has 8 heteroatoms. The number of nitrogens with one attached hydrogen (secondary N) is 2. The summed E-state index contributed by atoms with van der Waals surface area (Å²) in [5.41, 5.74) is 0.827. The molecule has 1 aromatic heterocycles. The first-order chi connectivity index (χ1) is 15.4. The molecule has 1 atom stereocenters. The minimum Gasteiger partial charge on any atom is -0.480 e. The first kappa shape index (κ1) is 21.3. The van der Waals surface area contributed by atoms with E-state index in [2.05, 4.69) is 15.0 Å². The molecule has 0 radical (unpaired) electrons. The number of rotatable bonds is 7. The molecular formula is C24H21N3O4S. The lowest BCUT2D eigenvalue weighted by Crippen LogP contribution is -2.30. The van der Waals surface area contributed by atoms with Gasteiger partial charge in [-0.2, -0.15) is 0 Å². The van der Waals surface area contributed by atoms with Gasteiger partial charge in [0.1, 0.15) is 5.75 Å². The summed E-state index contributed by atoms with van der Waals surface area (Å²) in [4.78, 5) is 16.6. The van der Waals surface area contributed by atoms with E-state index < -0.39 is 16.1 Å². The van der Waals surface area contributed by atoms with Gasteiger partial charge < -0.3 is 10.1 Å². The van der Waals surface area contributed by atoms with Crippen molar-refractivity contribution in [2.45, 2.75) is 17.9 Å². The van der Waals surface area contributed by atoms with E-state index in [0.29, 0.717) is 17.1 Å². The highest BCUT2D eigenvalue weighted by molar-refractivity contribution is 7.92. The van der Waals surface area contributed by atoms with E-state index in [1.165, 1.54) is 30.5 Å². The highest BCUT2D eigenvalue weighted by Gasteiger charge is 2.18. The summed E-state index contributed by atoms with van der Waals surface area (Å²) in [7, 11) is -3.76. The van der Waals surface area contributed by atoms with E-state index in [1.807, 2.05) is 42.5 Å². The summed E-state index contributed by atoms with van der Waals surface area (Å²) in [6.45, 7) is 1.66. The number of aromatic nitrogens is 1. The molecule has 0 saturated heterocycles. The monoisotopic (exact) mass is 447 g/mol. The number of nitrogens with zero attached hydrogens (tertiary/aromatic N) is 1. The van der Waals surface area contributed by atoms with Crippen LogP contribution in [0.4, 0.5) is 11.4 Å². The molecule has 162 valence electrons. The first-order valence-corrected chi connectivity index (χ1v) is 11.4. The van der Waals surface area contributed by atoms with Crippen LogP contribution in [0.2, 0.25) is 0 Å². The Morgan fingerprint density at radius 2 is 1.66 bits per heavy atom. The Kier molecular flexibility index (Phi) is 6.04. The molecule has 2 N–H and O–H groups in total. The number of ether oxygens (including phenoxy) is 1. The number of sulfonamides is 1. The minimum atomic E-state index is -3.76. The zero-order chi connectivity index (χ0) is 22.6. The normalized spacial score (nSPS) is 12.2. The Bertz CT molecular complexity index is 1340. The molecule has 1 heterocycles.